The van der Waals surface area contributed by atoms with Crippen LogP contribution in [0.25, 0.3) is 0 Å². The lowest BCUT2D eigenvalue weighted by atomic mass is 9.81. The standard InChI is InChI=1S/C16H27N3O2/c1-3-13(2)19-14(20)8-11-18-15(21)16(12-17)9-6-4-5-7-10-16/h13H,3-11H2,1-2H3,(H,18,21)(H,19,20). The summed E-state index contributed by atoms with van der Waals surface area (Å²) < 4.78 is 0. The molecule has 0 aromatic heterocycles. The molecule has 1 rings (SSSR count). The van der Waals surface area contributed by atoms with Crippen molar-refractivity contribution in [2.24, 2.45) is 5.41 Å². The molecule has 2 amide bonds. The Labute approximate surface area is 127 Å². The molecule has 0 aromatic rings. The number of nitrogens with one attached hydrogen (secondary N) is 2. The average molecular weight is 293 g/mol. The van der Waals surface area contributed by atoms with Gasteiger partial charge in [-0.25, -0.2) is 0 Å². The minimum atomic E-state index is -0.885. The molecule has 1 unspecified atom stereocenters. The van der Waals surface area contributed by atoms with E-state index in [4.69, 9.17) is 0 Å². The molecular weight excluding hydrogens is 266 g/mol. The first-order valence-electron chi connectivity index (χ1n) is 8.03. The van der Waals surface area contributed by atoms with Gasteiger partial charge < -0.3 is 10.6 Å². The second-order valence-corrected chi connectivity index (χ2v) is 5.99. The molecule has 1 aliphatic rings. The van der Waals surface area contributed by atoms with E-state index < -0.39 is 5.41 Å². The first-order chi connectivity index (χ1) is 10.0. The summed E-state index contributed by atoms with van der Waals surface area (Å²) in [6.07, 6.45) is 6.45. The van der Waals surface area contributed by atoms with Crippen molar-refractivity contribution < 1.29 is 9.59 Å². The van der Waals surface area contributed by atoms with Crippen molar-refractivity contribution in [2.75, 3.05) is 6.54 Å². The monoisotopic (exact) mass is 293 g/mol. The van der Waals surface area contributed by atoms with Crippen LogP contribution >= 0.6 is 0 Å². The van der Waals surface area contributed by atoms with Crippen LogP contribution in [0, 0.1) is 16.7 Å². The number of hydrogen-bond donors (Lipinski definition) is 2. The number of hydrogen-bond acceptors (Lipinski definition) is 3. The molecule has 1 saturated carbocycles. The van der Waals surface area contributed by atoms with Gasteiger partial charge in [0, 0.05) is 19.0 Å². The number of carbonyl (C=O) groups is 2. The lowest BCUT2D eigenvalue weighted by Crippen LogP contribution is -2.42. The number of nitrogens with zero attached hydrogens (tertiary/aromatic N) is 1. The van der Waals surface area contributed by atoms with Gasteiger partial charge in [-0.1, -0.05) is 32.6 Å². The average Bonchev–Trinajstić information content (AvgIpc) is 2.73. The van der Waals surface area contributed by atoms with Crippen molar-refractivity contribution >= 4 is 11.8 Å². The lowest BCUT2D eigenvalue weighted by molar-refractivity contribution is -0.129. The molecule has 0 spiro atoms. The summed E-state index contributed by atoms with van der Waals surface area (Å²) in [6, 6.07) is 2.38. The Balaban J connectivity index is 2.41. The van der Waals surface area contributed by atoms with Crippen molar-refractivity contribution in [1.82, 2.24) is 10.6 Å². The third-order valence-electron chi connectivity index (χ3n) is 4.26. The molecule has 118 valence electrons. The van der Waals surface area contributed by atoms with E-state index in [0.29, 0.717) is 19.4 Å². The Morgan fingerprint density at radius 3 is 2.38 bits per heavy atom. The van der Waals surface area contributed by atoms with Crippen LogP contribution in [0.15, 0.2) is 0 Å². The fraction of sp³-hybridized carbons (Fsp3) is 0.812. The maximum absolute atomic E-state index is 12.3. The van der Waals surface area contributed by atoms with E-state index in [0.717, 1.165) is 32.1 Å². The summed E-state index contributed by atoms with van der Waals surface area (Å²) >= 11 is 0. The molecule has 0 heterocycles. The van der Waals surface area contributed by atoms with Gasteiger partial charge in [0.1, 0.15) is 5.41 Å². The largest absolute Gasteiger partial charge is 0.354 e. The molecule has 21 heavy (non-hydrogen) atoms. The van der Waals surface area contributed by atoms with Gasteiger partial charge in [-0.05, 0) is 26.2 Å². The second kappa shape index (κ2) is 8.66. The van der Waals surface area contributed by atoms with Crippen LogP contribution in [0.3, 0.4) is 0 Å². The molecule has 0 radical (unpaired) electrons. The summed E-state index contributed by atoms with van der Waals surface area (Å²) in [4.78, 5) is 23.9. The molecule has 0 aliphatic heterocycles. The predicted octanol–water partition coefficient (Wildman–Crippen LogP) is 2.27. The van der Waals surface area contributed by atoms with E-state index in [1.807, 2.05) is 13.8 Å². The van der Waals surface area contributed by atoms with Crippen molar-refractivity contribution in [2.45, 2.75) is 71.3 Å². The normalized spacial score (nSPS) is 18.9. The third-order valence-corrected chi connectivity index (χ3v) is 4.26. The Hall–Kier alpha value is -1.57. The SMILES string of the molecule is CCC(C)NC(=O)CCNC(=O)C1(C#N)CCCCCC1. The smallest absolute Gasteiger partial charge is 0.240 e. The first-order valence-corrected chi connectivity index (χ1v) is 8.03. The molecular formula is C16H27N3O2. The summed E-state index contributed by atoms with van der Waals surface area (Å²) in [5.74, 6) is -0.264. The quantitative estimate of drug-likeness (QED) is 0.737. The maximum Gasteiger partial charge on any atom is 0.240 e. The molecule has 1 aliphatic carbocycles. The fourth-order valence-electron chi connectivity index (χ4n) is 2.63. The van der Waals surface area contributed by atoms with Gasteiger partial charge in [0.25, 0.3) is 0 Å². The maximum atomic E-state index is 12.3. The summed E-state index contributed by atoms with van der Waals surface area (Å²) in [6.45, 7) is 4.26. The van der Waals surface area contributed by atoms with Crippen LogP contribution in [-0.2, 0) is 9.59 Å². The Morgan fingerprint density at radius 1 is 1.24 bits per heavy atom. The van der Waals surface area contributed by atoms with Gasteiger partial charge in [0.05, 0.1) is 6.07 Å². The Morgan fingerprint density at radius 2 is 1.86 bits per heavy atom. The number of nitriles is 1. The van der Waals surface area contributed by atoms with Crippen LogP contribution < -0.4 is 10.6 Å². The second-order valence-electron chi connectivity index (χ2n) is 5.99. The molecule has 0 aromatic carbocycles. The highest BCUT2D eigenvalue weighted by atomic mass is 16.2. The Bertz CT molecular complexity index is 393. The molecule has 0 saturated heterocycles. The zero-order chi connectivity index (χ0) is 15.7. The van der Waals surface area contributed by atoms with E-state index in [-0.39, 0.29) is 24.3 Å². The van der Waals surface area contributed by atoms with Crippen molar-refractivity contribution in [3.63, 3.8) is 0 Å². The van der Waals surface area contributed by atoms with Gasteiger partial charge in [0.2, 0.25) is 11.8 Å². The van der Waals surface area contributed by atoms with E-state index in [9.17, 15) is 14.9 Å². The van der Waals surface area contributed by atoms with Gasteiger partial charge in [-0.2, -0.15) is 5.26 Å². The molecule has 1 atom stereocenters. The molecule has 0 bridgehead atoms. The van der Waals surface area contributed by atoms with Crippen LogP contribution in [0.1, 0.15) is 65.2 Å². The van der Waals surface area contributed by atoms with Gasteiger partial charge in [-0.3, -0.25) is 9.59 Å². The third kappa shape index (κ3) is 5.37. The minimum Gasteiger partial charge on any atom is -0.354 e. The highest BCUT2D eigenvalue weighted by molar-refractivity contribution is 5.86. The number of carbonyl (C=O) groups excluding carboxylic acids is 2. The van der Waals surface area contributed by atoms with Gasteiger partial charge >= 0.3 is 0 Å². The van der Waals surface area contributed by atoms with Crippen molar-refractivity contribution in [1.29, 1.82) is 5.26 Å². The molecule has 2 N–H and O–H groups in total. The predicted molar refractivity (Wildman–Crippen MR) is 81.3 cm³/mol. The van der Waals surface area contributed by atoms with Gasteiger partial charge in [-0.15, -0.1) is 0 Å². The van der Waals surface area contributed by atoms with Crippen LogP contribution in [-0.4, -0.2) is 24.4 Å². The zero-order valence-electron chi connectivity index (χ0n) is 13.2. The Kier molecular flexibility index (Phi) is 7.21. The summed E-state index contributed by atoms with van der Waals surface area (Å²) in [5.41, 5.74) is -0.885. The summed E-state index contributed by atoms with van der Waals surface area (Å²) in [7, 11) is 0. The van der Waals surface area contributed by atoms with E-state index in [2.05, 4.69) is 16.7 Å². The first kappa shape index (κ1) is 17.5. The molecule has 5 heteroatoms. The molecule has 1 fully saturated rings. The zero-order valence-corrected chi connectivity index (χ0v) is 13.2. The lowest BCUT2D eigenvalue weighted by Gasteiger charge is -2.23. The highest BCUT2D eigenvalue weighted by Gasteiger charge is 2.38. The van der Waals surface area contributed by atoms with Crippen LogP contribution in [0.2, 0.25) is 0 Å². The summed E-state index contributed by atoms with van der Waals surface area (Å²) in [5, 5.41) is 15.0. The topological polar surface area (TPSA) is 82.0 Å². The minimum absolute atomic E-state index is 0.0588. The van der Waals surface area contributed by atoms with Crippen molar-refractivity contribution in [3.8, 4) is 6.07 Å². The number of amides is 2. The molecule has 5 nitrogen and oxygen atoms in total. The van der Waals surface area contributed by atoms with E-state index in [1.54, 1.807) is 0 Å². The van der Waals surface area contributed by atoms with Crippen LogP contribution in [0.4, 0.5) is 0 Å². The van der Waals surface area contributed by atoms with Gasteiger partial charge in [0.15, 0.2) is 0 Å². The van der Waals surface area contributed by atoms with Crippen LogP contribution in [0.5, 0.6) is 0 Å². The van der Waals surface area contributed by atoms with Crippen molar-refractivity contribution in [3.05, 3.63) is 0 Å². The van der Waals surface area contributed by atoms with E-state index >= 15 is 0 Å². The fourth-order valence-corrected chi connectivity index (χ4v) is 2.63. The van der Waals surface area contributed by atoms with E-state index in [1.165, 1.54) is 0 Å². The number of rotatable bonds is 6. The highest BCUT2D eigenvalue weighted by Crippen LogP contribution is 2.34.